The van der Waals surface area contributed by atoms with E-state index in [1.807, 2.05) is 0 Å². The molecule has 1 heterocycles. The highest BCUT2D eigenvalue weighted by Crippen LogP contribution is 2.18. The summed E-state index contributed by atoms with van der Waals surface area (Å²) in [5, 5.41) is 5.05. The Kier molecular flexibility index (Phi) is 6.10. The van der Waals surface area contributed by atoms with Crippen LogP contribution in [0.15, 0.2) is 35.5 Å². The average molecular weight is 350 g/mol. The molecule has 7 nitrogen and oxygen atoms in total. The van der Waals surface area contributed by atoms with Gasteiger partial charge in [-0.15, -0.1) is 0 Å². The van der Waals surface area contributed by atoms with Gasteiger partial charge in [-0.3, -0.25) is 0 Å². The number of halogens is 1. The van der Waals surface area contributed by atoms with E-state index in [9.17, 15) is 18.8 Å². The van der Waals surface area contributed by atoms with Crippen molar-refractivity contribution in [3.8, 4) is 0 Å². The summed E-state index contributed by atoms with van der Waals surface area (Å²) in [5.41, 5.74) is 0.0807. The van der Waals surface area contributed by atoms with Crippen LogP contribution < -0.4 is 10.6 Å². The van der Waals surface area contributed by atoms with Crippen LogP contribution in [0.5, 0.6) is 0 Å². The first-order valence-corrected chi connectivity index (χ1v) is 7.87. The number of carbonyl (C=O) groups is 3. The van der Waals surface area contributed by atoms with E-state index < -0.39 is 29.8 Å². The molecule has 0 saturated carbocycles. The first-order valence-electron chi connectivity index (χ1n) is 7.87. The third-order valence-electron chi connectivity index (χ3n) is 3.59. The molecule has 1 aromatic carbocycles. The molecule has 2 rings (SSSR count). The zero-order valence-electron chi connectivity index (χ0n) is 13.9. The predicted octanol–water partition coefficient (Wildman–Crippen LogP) is 1.89. The van der Waals surface area contributed by atoms with Crippen LogP contribution in [0.1, 0.15) is 30.6 Å². The standard InChI is InChI=1S/C17H19FN2O5/c1-3-12-14(16(22)24-4-2)13(20-17(23)19-12)9-25-15(21)10-7-5-6-8-11(10)18/h5-8,12H,3-4,9H2,1-2H3,(H2,19,20,23)/t12-/m0/s1. The highest BCUT2D eigenvalue weighted by Gasteiger charge is 2.32. The number of benzene rings is 1. The zero-order valence-corrected chi connectivity index (χ0v) is 13.9. The molecule has 0 aliphatic carbocycles. The van der Waals surface area contributed by atoms with E-state index in [0.717, 1.165) is 6.07 Å². The first kappa shape index (κ1) is 18.4. The van der Waals surface area contributed by atoms with Crippen molar-refractivity contribution in [1.82, 2.24) is 10.6 Å². The van der Waals surface area contributed by atoms with Crippen LogP contribution in [-0.4, -0.2) is 37.2 Å². The molecule has 0 spiro atoms. The van der Waals surface area contributed by atoms with Gasteiger partial charge in [0.25, 0.3) is 0 Å². The normalized spacial score (nSPS) is 16.8. The van der Waals surface area contributed by atoms with Crippen molar-refractivity contribution >= 4 is 18.0 Å². The zero-order chi connectivity index (χ0) is 18.4. The van der Waals surface area contributed by atoms with Crippen molar-refractivity contribution in [3.63, 3.8) is 0 Å². The third-order valence-corrected chi connectivity index (χ3v) is 3.59. The Morgan fingerprint density at radius 2 is 1.88 bits per heavy atom. The van der Waals surface area contributed by atoms with Gasteiger partial charge in [0.2, 0.25) is 0 Å². The maximum absolute atomic E-state index is 13.6. The van der Waals surface area contributed by atoms with E-state index in [-0.39, 0.29) is 30.0 Å². The minimum absolute atomic E-state index is 0.124. The van der Waals surface area contributed by atoms with Gasteiger partial charge >= 0.3 is 18.0 Å². The molecule has 0 bridgehead atoms. The van der Waals surface area contributed by atoms with Crippen LogP contribution in [0.2, 0.25) is 0 Å². The van der Waals surface area contributed by atoms with Crippen molar-refractivity contribution in [2.24, 2.45) is 0 Å². The maximum Gasteiger partial charge on any atom is 0.341 e. The smallest absolute Gasteiger partial charge is 0.341 e. The molecule has 0 unspecified atom stereocenters. The quantitative estimate of drug-likeness (QED) is 0.764. The highest BCUT2D eigenvalue weighted by molar-refractivity contribution is 5.95. The van der Waals surface area contributed by atoms with Gasteiger partial charge in [0.05, 0.1) is 29.5 Å². The summed E-state index contributed by atoms with van der Waals surface area (Å²) in [6.07, 6.45) is 0.451. The Hall–Kier alpha value is -2.90. The summed E-state index contributed by atoms with van der Waals surface area (Å²) >= 11 is 0. The number of hydrogen-bond acceptors (Lipinski definition) is 5. The summed E-state index contributed by atoms with van der Waals surface area (Å²) in [5.74, 6) is -2.22. The Balaban J connectivity index is 2.22. The maximum atomic E-state index is 13.6. The van der Waals surface area contributed by atoms with Crippen molar-refractivity contribution in [2.75, 3.05) is 13.2 Å². The SMILES string of the molecule is CCOC(=O)C1=C(COC(=O)c2ccccc2F)NC(=O)N[C@H]1CC. The van der Waals surface area contributed by atoms with Gasteiger partial charge in [-0.25, -0.2) is 18.8 Å². The number of ether oxygens (including phenoxy) is 2. The minimum Gasteiger partial charge on any atom is -0.463 e. The van der Waals surface area contributed by atoms with E-state index in [0.29, 0.717) is 6.42 Å². The van der Waals surface area contributed by atoms with Gasteiger partial charge in [-0.2, -0.15) is 0 Å². The number of rotatable bonds is 6. The molecular formula is C17H19FN2O5. The van der Waals surface area contributed by atoms with E-state index in [1.54, 1.807) is 13.8 Å². The minimum atomic E-state index is -0.894. The lowest BCUT2D eigenvalue weighted by Gasteiger charge is -2.28. The summed E-state index contributed by atoms with van der Waals surface area (Å²) in [6, 6.07) is 4.30. The lowest BCUT2D eigenvalue weighted by molar-refractivity contribution is -0.139. The number of urea groups is 1. The Labute approximate surface area is 144 Å². The summed E-state index contributed by atoms with van der Waals surface area (Å²) in [7, 11) is 0. The van der Waals surface area contributed by atoms with E-state index in [4.69, 9.17) is 9.47 Å². The summed E-state index contributed by atoms with van der Waals surface area (Å²) in [4.78, 5) is 35.9. The first-order chi connectivity index (χ1) is 12.0. The molecule has 1 aromatic rings. The van der Waals surface area contributed by atoms with Crippen molar-refractivity contribution in [2.45, 2.75) is 26.3 Å². The molecule has 1 aliphatic rings. The second kappa shape index (κ2) is 8.27. The fourth-order valence-electron chi connectivity index (χ4n) is 2.42. The summed E-state index contributed by atoms with van der Waals surface area (Å²) in [6.45, 7) is 3.23. The molecule has 0 fully saturated rings. The third kappa shape index (κ3) is 4.34. The van der Waals surface area contributed by atoms with Crippen molar-refractivity contribution in [1.29, 1.82) is 0 Å². The van der Waals surface area contributed by atoms with Gasteiger partial charge in [0.1, 0.15) is 12.4 Å². The Morgan fingerprint density at radius 1 is 1.16 bits per heavy atom. The van der Waals surface area contributed by atoms with E-state index in [1.165, 1.54) is 18.2 Å². The Bertz CT molecular complexity index is 717. The average Bonchev–Trinajstić information content (AvgIpc) is 2.59. The van der Waals surface area contributed by atoms with Gasteiger partial charge in [-0.1, -0.05) is 19.1 Å². The molecule has 0 saturated heterocycles. The lowest BCUT2D eigenvalue weighted by Crippen LogP contribution is -2.51. The molecule has 0 aromatic heterocycles. The largest absolute Gasteiger partial charge is 0.463 e. The number of esters is 2. The molecule has 2 amide bonds. The van der Waals surface area contributed by atoms with Gasteiger partial charge < -0.3 is 20.1 Å². The second-order valence-electron chi connectivity index (χ2n) is 5.23. The molecule has 134 valence electrons. The molecule has 0 radical (unpaired) electrons. The summed E-state index contributed by atoms with van der Waals surface area (Å²) < 4.78 is 23.7. The fourth-order valence-corrected chi connectivity index (χ4v) is 2.42. The molecule has 2 N–H and O–H groups in total. The molecule has 25 heavy (non-hydrogen) atoms. The number of carbonyl (C=O) groups excluding carboxylic acids is 3. The topological polar surface area (TPSA) is 93.7 Å². The van der Waals surface area contributed by atoms with Gasteiger partial charge in [0.15, 0.2) is 0 Å². The highest BCUT2D eigenvalue weighted by atomic mass is 19.1. The predicted molar refractivity (Wildman–Crippen MR) is 86.1 cm³/mol. The number of hydrogen-bond donors (Lipinski definition) is 2. The monoisotopic (exact) mass is 350 g/mol. The molecule has 8 heteroatoms. The molecule has 1 atom stereocenters. The van der Waals surface area contributed by atoms with Crippen LogP contribution in [0, 0.1) is 5.82 Å². The van der Waals surface area contributed by atoms with Crippen molar-refractivity contribution < 1.29 is 28.2 Å². The van der Waals surface area contributed by atoms with Crippen LogP contribution >= 0.6 is 0 Å². The van der Waals surface area contributed by atoms with Crippen LogP contribution in [0.4, 0.5) is 9.18 Å². The van der Waals surface area contributed by atoms with Crippen molar-refractivity contribution in [3.05, 3.63) is 46.9 Å². The molecular weight excluding hydrogens is 331 g/mol. The Morgan fingerprint density at radius 3 is 2.52 bits per heavy atom. The van der Waals surface area contributed by atoms with E-state index in [2.05, 4.69) is 10.6 Å². The molecule has 1 aliphatic heterocycles. The van der Waals surface area contributed by atoms with E-state index >= 15 is 0 Å². The number of amides is 2. The van der Waals surface area contributed by atoms with Crippen LogP contribution in [0.3, 0.4) is 0 Å². The second-order valence-corrected chi connectivity index (χ2v) is 5.23. The fraction of sp³-hybridized carbons (Fsp3) is 0.353. The van der Waals surface area contributed by atoms with Gasteiger partial charge in [0, 0.05) is 0 Å². The van der Waals surface area contributed by atoms with Gasteiger partial charge in [-0.05, 0) is 25.5 Å². The van der Waals surface area contributed by atoms with Crippen LogP contribution in [-0.2, 0) is 14.3 Å². The lowest BCUT2D eigenvalue weighted by atomic mass is 10.0. The number of nitrogens with one attached hydrogen (secondary N) is 2. The van der Waals surface area contributed by atoms with Crippen LogP contribution in [0.25, 0.3) is 0 Å².